The van der Waals surface area contributed by atoms with E-state index < -0.39 is 15.6 Å². The van der Waals surface area contributed by atoms with E-state index in [2.05, 4.69) is 29.2 Å². The topological polar surface area (TPSA) is 96.6 Å². The lowest BCUT2D eigenvalue weighted by atomic mass is 9.86. The van der Waals surface area contributed by atoms with Crippen molar-refractivity contribution in [1.82, 2.24) is 4.98 Å². The average molecular weight is 535 g/mol. The van der Waals surface area contributed by atoms with Crippen molar-refractivity contribution < 1.29 is 13.2 Å². The number of carbonyl (C=O) groups excluding carboxylic acids is 1. The van der Waals surface area contributed by atoms with Crippen molar-refractivity contribution in [2.24, 2.45) is 5.73 Å². The molecule has 4 bridgehead atoms. The number of Topliss-reactive ketones (excluding diaryl/α,β-unsaturated/α-hetero) is 1. The van der Waals surface area contributed by atoms with Crippen LogP contribution in [0, 0.1) is 0 Å². The predicted molar refractivity (Wildman–Crippen MR) is 154 cm³/mol. The highest BCUT2D eigenvalue weighted by atomic mass is 32.2. The molecule has 2 aromatic carbocycles. The van der Waals surface area contributed by atoms with Gasteiger partial charge in [-0.15, -0.1) is 0 Å². The molecule has 0 spiro atoms. The number of pyridine rings is 1. The molecule has 0 amide bonds. The number of nitrogens with two attached hydrogens (primary N) is 1. The predicted octanol–water partition coefficient (Wildman–Crippen LogP) is 4.28. The summed E-state index contributed by atoms with van der Waals surface area (Å²) < 4.78 is 26.0. The summed E-state index contributed by atoms with van der Waals surface area (Å²) >= 11 is 0. The molecule has 38 heavy (non-hydrogen) atoms. The van der Waals surface area contributed by atoms with E-state index in [-0.39, 0.29) is 12.2 Å². The van der Waals surface area contributed by atoms with Crippen LogP contribution in [0.15, 0.2) is 66.7 Å². The number of rotatable bonds is 4. The van der Waals surface area contributed by atoms with Crippen LogP contribution in [-0.4, -0.2) is 44.6 Å². The van der Waals surface area contributed by atoms with E-state index in [4.69, 9.17) is 10.7 Å². The lowest BCUT2D eigenvalue weighted by Gasteiger charge is -2.27. The van der Waals surface area contributed by atoms with E-state index in [0.29, 0.717) is 31.0 Å². The van der Waals surface area contributed by atoms with Gasteiger partial charge in [0.05, 0.1) is 11.8 Å². The molecule has 1 atom stereocenters. The zero-order chi connectivity index (χ0) is 27.3. The van der Waals surface area contributed by atoms with Crippen LogP contribution in [-0.2, 0) is 40.6 Å². The highest BCUT2D eigenvalue weighted by molar-refractivity contribution is 7.92. The van der Waals surface area contributed by atoms with Crippen molar-refractivity contribution in [2.75, 3.05) is 29.1 Å². The maximum atomic E-state index is 13.2. The van der Waals surface area contributed by atoms with Gasteiger partial charge in [-0.05, 0) is 73.4 Å². The Morgan fingerprint density at radius 2 is 1.68 bits per heavy atom. The summed E-state index contributed by atoms with van der Waals surface area (Å²) in [5.74, 6) is 1.03. The quantitative estimate of drug-likeness (QED) is 0.537. The van der Waals surface area contributed by atoms with Crippen molar-refractivity contribution in [2.45, 2.75) is 57.5 Å². The number of ketones is 1. The Kier molecular flexibility index (Phi) is 8.53. The highest BCUT2D eigenvalue weighted by Gasteiger charge is 2.28. The van der Waals surface area contributed by atoms with Crippen molar-refractivity contribution in [1.29, 1.82) is 0 Å². The Balaban J connectivity index is 1.74. The van der Waals surface area contributed by atoms with Gasteiger partial charge in [0.25, 0.3) is 0 Å². The van der Waals surface area contributed by atoms with Crippen LogP contribution >= 0.6 is 0 Å². The minimum absolute atomic E-state index is 0.0208. The zero-order valence-corrected chi connectivity index (χ0v) is 23.4. The van der Waals surface area contributed by atoms with E-state index in [1.54, 1.807) is 13.0 Å². The molecule has 2 heterocycles. The first kappa shape index (κ1) is 27.8. The number of anilines is 2. The van der Waals surface area contributed by atoms with Crippen LogP contribution in [0.1, 0.15) is 48.4 Å². The maximum Gasteiger partial charge on any atom is 0.233 e. The Labute approximate surface area is 226 Å². The highest BCUT2D eigenvalue weighted by Crippen LogP contribution is 2.26. The van der Waals surface area contributed by atoms with E-state index >= 15 is 0 Å². The second-order valence-corrected chi connectivity index (χ2v) is 12.6. The summed E-state index contributed by atoms with van der Waals surface area (Å²) in [4.78, 5) is 20.2. The average Bonchev–Trinajstić information content (AvgIpc) is 2.88. The second-order valence-electron chi connectivity index (χ2n) is 10.6. The van der Waals surface area contributed by atoms with Crippen molar-refractivity contribution >= 4 is 27.4 Å². The number of carbonyl (C=O) groups is 1. The number of sulfonamides is 1. The molecule has 0 fully saturated rings. The Bertz CT molecular complexity index is 1370. The second kappa shape index (κ2) is 11.7. The van der Waals surface area contributed by atoms with Crippen molar-refractivity contribution in [3.05, 3.63) is 89.0 Å². The van der Waals surface area contributed by atoms with E-state index in [1.807, 2.05) is 36.4 Å². The number of benzene rings is 2. The largest absolute Gasteiger partial charge is 0.352 e. The van der Waals surface area contributed by atoms with Crippen LogP contribution in [0.2, 0.25) is 0 Å². The smallest absolute Gasteiger partial charge is 0.233 e. The summed E-state index contributed by atoms with van der Waals surface area (Å²) in [6.45, 7) is 3.22. The van der Waals surface area contributed by atoms with Gasteiger partial charge in [-0.1, -0.05) is 54.6 Å². The number of hydrogen-bond donors (Lipinski definition) is 1. The third-order valence-electron chi connectivity index (χ3n) is 7.20. The van der Waals surface area contributed by atoms with Crippen LogP contribution in [0.25, 0.3) is 0 Å². The van der Waals surface area contributed by atoms with Gasteiger partial charge in [-0.2, -0.15) is 0 Å². The van der Waals surface area contributed by atoms with Crippen LogP contribution in [0.4, 0.5) is 11.6 Å². The first-order valence-electron chi connectivity index (χ1n) is 13.1. The van der Waals surface area contributed by atoms with Gasteiger partial charge < -0.3 is 10.6 Å². The van der Waals surface area contributed by atoms with E-state index in [1.165, 1.54) is 23.2 Å². The van der Waals surface area contributed by atoms with Gasteiger partial charge in [0, 0.05) is 26.6 Å². The first-order chi connectivity index (χ1) is 18.0. The molecule has 0 saturated heterocycles. The molecule has 7 nitrogen and oxygen atoms in total. The van der Waals surface area contributed by atoms with Gasteiger partial charge in [0.1, 0.15) is 11.6 Å². The first-order valence-corrected chi connectivity index (χ1v) is 15.0. The van der Waals surface area contributed by atoms with Gasteiger partial charge in [0.15, 0.2) is 5.78 Å². The van der Waals surface area contributed by atoms with E-state index in [9.17, 15) is 13.2 Å². The standard InChI is InChI=1S/C30H38N4O3S/c1-30(31)21-26-14-9-13-23(18-26)10-7-8-17-34(22-24-11-5-4-6-12-24)29-20-25(15-16-27(30)35)19-28(32-29)33(2)38(3,36)37/h4-6,9,11-14,18-20H,7-8,10,15-17,21-22,31H2,1-3H3. The minimum atomic E-state index is -3.51. The molecular weight excluding hydrogens is 496 g/mol. The lowest BCUT2D eigenvalue weighted by Crippen LogP contribution is -2.47. The summed E-state index contributed by atoms with van der Waals surface area (Å²) in [6, 6.07) is 22.3. The number of aromatic nitrogens is 1. The fourth-order valence-electron chi connectivity index (χ4n) is 4.86. The summed E-state index contributed by atoms with van der Waals surface area (Å²) in [5.41, 5.74) is 9.86. The third kappa shape index (κ3) is 7.20. The molecule has 0 saturated carbocycles. The Morgan fingerprint density at radius 1 is 0.947 bits per heavy atom. The molecule has 1 unspecified atom stereocenters. The number of nitrogens with zero attached hydrogens (tertiary/aromatic N) is 3. The fourth-order valence-corrected chi connectivity index (χ4v) is 5.30. The molecule has 2 N–H and O–H groups in total. The molecular formula is C30H38N4O3S. The van der Waals surface area contributed by atoms with E-state index in [0.717, 1.165) is 42.5 Å². The number of aryl methyl sites for hydroxylation is 2. The monoisotopic (exact) mass is 534 g/mol. The normalized spacial score (nSPS) is 19.3. The van der Waals surface area contributed by atoms with Crippen LogP contribution in [0.5, 0.6) is 0 Å². The molecule has 1 aromatic heterocycles. The molecule has 8 heteroatoms. The van der Waals surface area contributed by atoms with Crippen LogP contribution < -0.4 is 14.9 Å². The van der Waals surface area contributed by atoms with Gasteiger partial charge in [0.2, 0.25) is 10.0 Å². The van der Waals surface area contributed by atoms with Crippen LogP contribution in [0.3, 0.4) is 0 Å². The molecule has 1 aliphatic heterocycles. The fraction of sp³-hybridized carbons (Fsp3) is 0.400. The number of hydrogen-bond acceptors (Lipinski definition) is 6. The number of fused-ring (bicyclic) bond motifs is 4. The SMILES string of the molecule is CN(c1cc2cc(n1)N(Cc1ccccc1)CCCCc1cccc(c1)CC(C)(N)C(=O)CC2)S(C)(=O)=O. The molecule has 202 valence electrons. The summed E-state index contributed by atoms with van der Waals surface area (Å²) in [7, 11) is -2.00. The molecule has 0 radical (unpaired) electrons. The molecule has 1 aliphatic rings. The summed E-state index contributed by atoms with van der Waals surface area (Å²) in [6.07, 6.45) is 5.23. The third-order valence-corrected chi connectivity index (χ3v) is 8.38. The van der Waals surface area contributed by atoms with Gasteiger partial charge in [-0.3, -0.25) is 9.10 Å². The Morgan fingerprint density at radius 3 is 2.42 bits per heavy atom. The van der Waals surface area contributed by atoms with Crippen molar-refractivity contribution in [3.63, 3.8) is 0 Å². The molecule has 4 rings (SSSR count). The minimum Gasteiger partial charge on any atom is -0.352 e. The van der Waals surface area contributed by atoms with Crippen molar-refractivity contribution in [3.8, 4) is 0 Å². The zero-order valence-electron chi connectivity index (χ0n) is 22.6. The van der Waals surface area contributed by atoms with Gasteiger partial charge >= 0.3 is 0 Å². The van der Waals surface area contributed by atoms with Gasteiger partial charge in [-0.25, -0.2) is 13.4 Å². The maximum absolute atomic E-state index is 13.2. The Hall–Kier alpha value is -3.23. The molecule has 3 aromatic rings. The molecule has 0 aliphatic carbocycles. The summed E-state index contributed by atoms with van der Waals surface area (Å²) in [5, 5.41) is 0. The lowest BCUT2D eigenvalue weighted by molar-refractivity contribution is -0.123.